The van der Waals surface area contributed by atoms with E-state index in [1.54, 1.807) is 0 Å². The van der Waals surface area contributed by atoms with E-state index < -0.39 is 0 Å². The fourth-order valence-corrected chi connectivity index (χ4v) is 1.85. The summed E-state index contributed by atoms with van der Waals surface area (Å²) in [5.41, 5.74) is 7.73. The average Bonchev–Trinajstić information content (AvgIpc) is 2.59. The van der Waals surface area contributed by atoms with Crippen LogP contribution in [0.4, 0.5) is 0 Å². The monoisotopic (exact) mass is 253 g/mol. The minimum Gasteiger partial charge on any atom is -0.330 e. The molecule has 1 atom stereocenters. The third-order valence-electron chi connectivity index (χ3n) is 2.39. The standard InChI is InChI=1S/C10H12BrN3/c1-6(5-12)10-8-3-2-7(11)4-9(8)13-14-10/h2-4,6H,5,12H2,1H3,(H,13,14). The Morgan fingerprint density at radius 2 is 2.36 bits per heavy atom. The van der Waals surface area contributed by atoms with E-state index in [1.165, 1.54) is 0 Å². The summed E-state index contributed by atoms with van der Waals surface area (Å²) in [5, 5.41) is 8.44. The van der Waals surface area contributed by atoms with E-state index in [4.69, 9.17) is 5.73 Å². The summed E-state index contributed by atoms with van der Waals surface area (Å²) < 4.78 is 1.04. The van der Waals surface area contributed by atoms with Gasteiger partial charge in [-0.25, -0.2) is 0 Å². The van der Waals surface area contributed by atoms with Crippen LogP contribution < -0.4 is 5.73 Å². The van der Waals surface area contributed by atoms with Crippen LogP contribution in [0.1, 0.15) is 18.5 Å². The molecule has 0 radical (unpaired) electrons. The van der Waals surface area contributed by atoms with Crippen molar-refractivity contribution in [2.24, 2.45) is 5.73 Å². The first kappa shape index (κ1) is 9.68. The van der Waals surface area contributed by atoms with Gasteiger partial charge in [0.1, 0.15) is 0 Å². The summed E-state index contributed by atoms with van der Waals surface area (Å²) in [6.07, 6.45) is 0. The highest BCUT2D eigenvalue weighted by Gasteiger charge is 2.10. The fourth-order valence-electron chi connectivity index (χ4n) is 1.50. The molecule has 3 nitrogen and oxygen atoms in total. The summed E-state index contributed by atoms with van der Waals surface area (Å²) in [7, 11) is 0. The first-order chi connectivity index (χ1) is 6.72. The Kier molecular flexibility index (Phi) is 2.56. The zero-order valence-electron chi connectivity index (χ0n) is 7.92. The van der Waals surface area contributed by atoms with Crippen molar-refractivity contribution in [1.29, 1.82) is 0 Å². The molecular formula is C10H12BrN3. The first-order valence-electron chi connectivity index (χ1n) is 4.56. The summed E-state index contributed by atoms with van der Waals surface area (Å²) in [4.78, 5) is 0. The molecule has 0 fully saturated rings. The number of hydrogen-bond acceptors (Lipinski definition) is 2. The second-order valence-corrected chi connectivity index (χ2v) is 4.35. The Labute approximate surface area is 90.8 Å². The number of nitrogens with zero attached hydrogens (tertiary/aromatic N) is 1. The Balaban J connectivity index is 2.58. The number of nitrogens with one attached hydrogen (secondary N) is 1. The third kappa shape index (κ3) is 1.55. The van der Waals surface area contributed by atoms with E-state index >= 15 is 0 Å². The zero-order valence-corrected chi connectivity index (χ0v) is 9.51. The van der Waals surface area contributed by atoms with Gasteiger partial charge in [0.25, 0.3) is 0 Å². The van der Waals surface area contributed by atoms with Gasteiger partial charge in [-0.05, 0) is 18.2 Å². The average molecular weight is 254 g/mol. The topological polar surface area (TPSA) is 54.7 Å². The van der Waals surface area contributed by atoms with Crippen molar-refractivity contribution in [3.63, 3.8) is 0 Å². The molecule has 1 aromatic carbocycles. The molecule has 0 saturated carbocycles. The lowest BCUT2D eigenvalue weighted by Gasteiger charge is -2.05. The molecule has 0 spiro atoms. The zero-order chi connectivity index (χ0) is 10.1. The first-order valence-corrected chi connectivity index (χ1v) is 5.35. The second kappa shape index (κ2) is 3.71. The lowest BCUT2D eigenvalue weighted by atomic mass is 10.0. The van der Waals surface area contributed by atoms with Gasteiger partial charge in [0, 0.05) is 28.0 Å². The molecule has 1 unspecified atom stereocenters. The lowest BCUT2D eigenvalue weighted by Crippen LogP contribution is -2.09. The number of fused-ring (bicyclic) bond motifs is 1. The van der Waals surface area contributed by atoms with Crippen LogP contribution in [0, 0.1) is 0 Å². The number of benzene rings is 1. The van der Waals surface area contributed by atoms with Gasteiger partial charge in [0.15, 0.2) is 0 Å². The van der Waals surface area contributed by atoms with Crippen molar-refractivity contribution in [3.8, 4) is 0 Å². The second-order valence-electron chi connectivity index (χ2n) is 3.44. The number of H-pyrrole nitrogens is 1. The molecule has 3 N–H and O–H groups in total. The molecule has 0 bridgehead atoms. The Bertz CT molecular complexity index is 450. The van der Waals surface area contributed by atoms with Crippen molar-refractivity contribution >= 4 is 26.8 Å². The number of rotatable bonds is 2. The van der Waals surface area contributed by atoms with E-state index in [-0.39, 0.29) is 0 Å². The molecule has 1 heterocycles. The molecule has 74 valence electrons. The van der Waals surface area contributed by atoms with E-state index in [2.05, 4.69) is 39.1 Å². The van der Waals surface area contributed by atoms with Gasteiger partial charge >= 0.3 is 0 Å². The van der Waals surface area contributed by atoms with Gasteiger partial charge in [-0.1, -0.05) is 22.9 Å². The number of aromatic nitrogens is 2. The highest BCUT2D eigenvalue weighted by atomic mass is 79.9. The largest absolute Gasteiger partial charge is 0.330 e. The minimum atomic E-state index is 0.321. The molecule has 4 heteroatoms. The van der Waals surface area contributed by atoms with Gasteiger partial charge in [0.05, 0.1) is 5.52 Å². The predicted octanol–water partition coefficient (Wildman–Crippen LogP) is 2.39. The van der Waals surface area contributed by atoms with Crippen molar-refractivity contribution in [2.45, 2.75) is 12.8 Å². The van der Waals surface area contributed by atoms with Crippen LogP contribution in [0.3, 0.4) is 0 Å². The van der Waals surface area contributed by atoms with Gasteiger partial charge in [-0.3, -0.25) is 5.10 Å². The molecule has 1 aromatic heterocycles. The van der Waals surface area contributed by atoms with Crippen LogP contribution in [0.2, 0.25) is 0 Å². The van der Waals surface area contributed by atoms with Crippen LogP contribution in [0.5, 0.6) is 0 Å². The number of hydrogen-bond donors (Lipinski definition) is 2. The van der Waals surface area contributed by atoms with Crippen molar-refractivity contribution in [2.75, 3.05) is 6.54 Å². The van der Waals surface area contributed by atoms with E-state index in [0.29, 0.717) is 12.5 Å². The van der Waals surface area contributed by atoms with Crippen LogP contribution >= 0.6 is 15.9 Å². The van der Waals surface area contributed by atoms with Crippen LogP contribution in [-0.4, -0.2) is 16.7 Å². The number of halogens is 1. The quantitative estimate of drug-likeness (QED) is 0.864. The van der Waals surface area contributed by atoms with Crippen molar-refractivity contribution in [3.05, 3.63) is 28.4 Å². The molecule has 0 amide bonds. The maximum Gasteiger partial charge on any atom is 0.0935 e. The normalized spacial score (nSPS) is 13.4. The van der Waals surface area contributed by atoms with Gasteiger partial charge in [-0.2, -0.15) is 5.10 Å². The van der Waals surface area contributed by atoms with Gasteiger partial charge in [-0.15, -0.1) is 0 Å². The summed E-state index contributed by atoms with van der Waals surface area (Å²) >= 11 is 3.42. The Hall–Kier alpha value is -0.870. The maximum atomic E-state index is 5.63. The molecule has 2 rings (SSSR count). The fraction of sp³-hybridized carbons (Fsp3) is 0.300. The van der Waals surface area contributed by atoms with Crippen LogP contribution in [0.25, 0.3) is 10.9 Å². The minimum absolute atomic E-state index is 0.321. The molecule has 2 aromatic rings. The summed E-state index contributed by atoms with van der Waals surface area (Å²) in [6, 6.07) is 6.08. The Morgan fingerprint density at radius 1 is 1.57 bits per heavy atom. The third-order valence-corrected chi connectivity index (χ3v) is 2.89. The van der Waals surface area contributed by atoms with Crippen molar-refractivity contribution in [1.82, 2.24) is 10.2 Å². The van der Waals surface area contributed by atoms with E-state index in [9.17, 15) is 0 Å². The molecule has 0 saturated heterocycles. The Morgan fingerprint density at radius 3 is 3.07 bits per heavy atom. The van der Waals surface area contributed by atoms with Crippen molar-refractivity contribution < 1.29 is 0 Å². The SMILES string of the molecule is CC(CN)c1[nH]nc2cc(Br)ccc12. The highest BCUT2D eigenvalue weighted by molar-refractivity contribution is 9.10. The maximum absolute atomic E-state index is 5.63. The molecule has 0 aliphatic carbocycles. The molecular weight excluding hydrogens is 242 g/mol. The highest BCUT2D eigenvalue weighted by Crippen LogP contribution is 2.24. The van der Waals surface area contributed by atoms with E-state index in [0.717, 1.165) is 21.1 Å². The summed E-state index contributed by atoms with van der Waals surface area (Å²) in [6.45, 7) is 2.72. The van der Waals surface area contributed by atoms with Gasteiger partial charge in [0.2, 0.25) is 0 Å². The van der Waals surface area contributed by atoms with Gasteiger partial charge < -0.3 is 5.73 Å². The van der Waals surface area contributed by atoms with Crippen LogP contribution in [0.15, 0.2) is 22.7 Å². The number of nitrogens with two attached hydrogens (primary N) is 1. The smallest absolute Gasteiger partial charge is 0.0935 e. The number of aromatic amines is 1. The predicted molar refractivity (Wildman–Crippen MR) is 61.3 cm³/mol. The van der Waals surface area contributed by atoms with E-state index in [1.807, 2.05) is 12.1 Å². The molecule has 14 heavy (non-hydrogen) atoms. The molecule has 0 aliphatic rings. The van der Waals surface area contributed by atoms with Crippen LogP contribution in [-0.2, 0) is 0 Å². The molecule has 0 aliphatic heterocycles. The lowest BCUT2D eigenvalue weighted by molar-refractivity contribution is 0.744. The summed E-state index contributed by atoms with van der Waals surface area (Å²) in [5.74, 6) is 0.321.